The van der Waals surface area contributed by atoms with E-state index in [0.29, 0.717) is 12.5 Å². The van der Waals surface area contributed by atoms with Crippen molar-refractivity contribution in [3.8, 4) is 6.07 Å². The molecule has 0 unspecified atom stereocenters. The molecule has 1 aliphatic rings. The van der Waals surface area contributed by atoms with Crippen molar-refractivity contribution in [3.63, 3.8) is 0 Å². The SMILES string of the molecule is CC(C)CNC(=O)C1(C#N)CCCCC1. The van der Waals surface area contributed by atoms with Crippen LogP contribution in [-0.2, 0) is 4.79 Å². The van der Waals surface area contributed by atoms with Gasteiger partial charge in [-0.1, -0.05) is 33.1 Å². The molecule has 1 saturated carbocycles. The monoisotopic (exact) mass is 208 g/mol. The van der Waals surface area contributed by atoms with Crippen molar-refractivity contribution in [1.82, 2.24) is 5.32 Å². The predicted molar refractivity (Wildman–Crippen MR) is 59.0 cm³/mol. The summed E-state index contributed by atoms with van der Waals surface area (Å²) in [5, 5.41) is 12.0. The molecule has 0 aromatic carbocycles. The summed E-state index contributed by atoms with van der Waals surface area (Å²) in [6.45, 7) is 4.78. The average Bonchev–Trinajstić information content (AvgIpc) is 2.26. The summed E-state index contributed by atoms with van der Waals surface area (Å²) in [6, 6.07) is 2.23. The first-order chi connectivity index (χ1) is 7.10. The number of hydrogen-bond donors (Lipinski definition) is 1. The zero-order valence-corrected chi connectivity index (χ0v) is 9.68. The molecule has 0 bridgehead atoms. The van der Waals surface area contributed by atoms with E-state index in [2.05, 4.69) is 25.2 Å². The number of carbonyl (C=O) groups is 1. The van der Waals surface area contributed by atoms with Crippen LogP contribution in [0.25, 0.3) is 0 Å². The van der Waals surface area contributed by atoms with Crippen LogP contribution in [0.5, 0.6) is 0 Å². The van der Waals surface area contributed by atoms with Crippen LogP contribution < -0.4 is 5.32 Å². The van der Waals surface area contributed by atoms with Gasteiger partial charge in [-0.3, -0.25) is 4.79 Å². The van der Waals surface area contributed by atoms with Crippen LogP contribution in [0.15, 0.2) is 0 Å². The van der Waals surface area contributed by atoms with Gasteiger partial charge in [0.15, 0.2) is 0 Å². The topological polar surface area (TPSA) is 52.9 Å². The van der Waals surface area contributed by atoms with Gasteiger partial charge in [0.1, 0.15) is 5.41 Å². The summed E-state index contributed by atoms with van der Waals surface area (Å²) in [5.41, 5.74) is -0.729. The molecule has 0 radical (unpaired) electrons. The highest BCUT2D eigenvalue weighted by Crippen LogP contribution is 2.35. The Bertz CT molecular complexity index is 259. The van der Waals surface area contributed by atoms with Crippen molar-refractivity contribution < 1.29 is 4.79 Å². The summed E-state index contributed by atoms with van der Waals surface area (Å²) < 4.78 is 0. The van der Waals surface area contributed by atoms with Crippen molar-refractivity contribution in [1.29, 1.82) is 5.26 Å². The number of nitriles is 1. The minimum Gasteiger partial charge on any atom is -0.354 e. The maximum absolute atomic E-state index is 11.9. The smallest absolute Gasteiger partial charge is 0.240 e. The van der Waals surface area contributed by atoms with Crippen LogP contribution in [-0.4, -0.2) is 12.5 Å². The van der Waals surface area contributed by atoms with Crippen LogP contribution in [0.4, 0.5) is 0 Å². The van der Waals surface area contributed by atoms with Crippen LogP contribution in [0.3, 0.4) is 0 Å². The summed E-state index contributed by atoms with van der Waals surface area (Å²) in [7, 11) is 0. The number of nitrogens with zero attached hydrogens (tertiary/aromatic N) is 1. The highest BCUT2D eigenvalue weighted by atomic mass is 16.2. The average molecular weight is 208 g/mol. The molecule has 0 saturated heterocycles. The molecule has 0 aromatic heterocycles. The second-order valence-corrected chi connectivity index (χ2v) is 4.86. The third-order valence-corrected chi connectivity index (χ3v) is 3.03. The number of amides is 1. The van der Waals surface area contributed by atoms with E-state index in [-0.39, 0.29) is 5.91 Å². The number of hydrogen-bond acceptors (Lipinski definition) is 2. The summed E-state index contributed by atoms with van der Waals surface area (Å²) in [4.78, 5) is 11.9. The third-order valence-electron chi connectivity index (χ3n) is 3.03. The zero-order valence-electron chi connectivity index (χ0n) is 9.68. The molecule has 3 nitrogen and oxygen atoms in total. The van der Waals surface area contributed by atoms with Gasteiger partial charge in [0.25, 0.3) is 0 Å². The van der Waals surface area contributed by atoms with Crippen molar-refractivity contribution in [2.75, 3.05) is 6.54 Å². The molecule has 3 heteroatoms. The van der Waals surface area contributed by atoms with Gasteiger partial charge in [-0.25, -0.2) is 0 Å². The van der Waals surface area contributed by atoms with Crippen LogP contribution >= 0.6 is 0 Å². The highest BCUT2D eigenvalue weighted by Gasteiger charge is 2.39. The van der Waals surface area contributed by atoms with E-state index in [1.807, 2.05) is 0 Å². The first kappa shape index (κ1) is 12.0. The fourth-order valence-corrected chi connectivity index (χ4v) is 2.01. The van der Waals surface area contributed by atoms with E-state index in [9.17, 15) is 4.79 Å². The first-order valence-corrected chi connectivity index (χ1v) is 5.80. The fourth-order valence-electron chi connectivity index (χ4n) is 2.01. The van der Waals surface area contributed by atoms with E-state index in [1.165, 1.54) is 0 Å². The Morgan fingerprint density at radius 1 is 1.40 bits per heavy atom. The quantitative estimate of drug-likeness (QED) is 0.773. The lowest BCUT2D eigenvalue weighted by molar-refractivity contribution is -0.129. The lowest BCUT2D eigenvalue weighted by Gasteiger charge is -2.29. The van der Waals surface area contributed by atoms with E-state index in [4.69, 9.17) is 5.26 Å². The Balaban J connectivity index is 2.57. The standard InChI is InChI=1S/C12H20N2O/c1-10(2)8-14-11(15)12(9-13)6-4-3-5-7-12/h10H,3-8H2,1-2H3,(H,14,15). The van der Waals surface area contributed by atoms with Gasteiger partial charge in [-0.15, -0.1) is 0 Å². The molecule has 1 N–H and O–H groups in total. The first-order valence-electron chi connectivity index (χ1n) is 5.80. The molecule has 0 aliphatic heterocycles. The van der Waals surface area contributed by atoms with Gasteiger partial charge in [0.05, 0.1) is 6.07 Å². The van der Waals surface area contributed by atoms with Gasteiger partial charge in [0.2, 0.25) is 5.91 Å². The molecule has 0 spiro atoms. The molecular weight excluding hydrogens is 188 g/mol. The maximum atomic E-state index is 11.9. The maximum Gasteiger partial charge on any atom is 0.240 e. The van der Waals surface area contributed by atoms with E-state index >= 15 is 0 Å². The normalized spacial score (nSPS) is 19.6. The van der Waals surface area contributed by atoms with Crippen molar-refractivity contribution in [2.45, 2.75) is 46.0 Å². The van der Waals surface area contributed by atoms with Gasteiger partial charge in [-0.05, 0) is 18.8 Å². The number of rotatable bonds is 3. The molecule has 84 valence electrons. The largest absolute Gasteiger partial charge is 0.354 e. The molecule has 1 amide bonds. The molecule has 0 aromatic rings. The van der Waals surface area contributed by atoms with E-state index in [0.717, 1.165) is 32.1 Å². The Morgan fingerprint density at radius 2 is 2.00 bits per heavy atom. The molecule has 15 heavy (non-hydrogen) atoms. The van der Waals surface area contributed by atoms with Crippen LogP contribution in [0, 0.1) is 22.7 Å². The molecule has 0 heterocycles. The number of nitrogens with one attached hydrogen (secondary N) is 1. The van der Waals surface area contributed by atoms with E-state index < -0.39 is 5.41 Å². The lowest BCUT2D eigenvalue weighted by Crippen LogP contribution is -2.42. The molecule has 1 aliphatic carbocycles. The minimum absolute atomic E-state index is 0.0570. The van der Waals surface area contributed by atoms with Crippen molar-refractivity contribution in [2.24, 2.45) is 11.3 Å². The molecular formula is C12H20N2O. The minimum atomic E-state index is -0.729. The second-order valence-electron chi connectivity index (χ2n) is 4.86. The third kappa shape index (κ3) is 2.95. The zero-order chi connectivity index (χ0) is 11.3. The van der Waals surface area contributed by atoms with Crippen molar-refractivity contribution >= 4 is 5.91 Å². The molecule has 1 rings (SSSR count). The Labute approximate surface area is 91.9 Å². The Morgan fingerprint density at radius 3 is 2.47 bits per heavy atom. The van der Waals surface area contributed by atoms with E-state index in [1.54, 1.807) is 0 Å². The second kappa shape index (κ2) is 5.16. The van der Waals surface area contributed by atoms with Gasteiger partial charge >= 0.3 is 0 Å². The summed E-state index contributed by atoms with van der Waals surface area (Å²) in [6.07, 6.45) is 4.62. The van der Waals surface area contributed by atoms with Gasteiger partial charge in [-0.2, -0.15) is 5.26 Å². The molecule has 1 fully saturated rings. The highest BCUT2D eigenvalue weighted by molar-refractivity contribution is 5.85. The van der Waals surface area contributed by atoms with Crippen molar-refractivity contribution in [3.05, 3.63) is 0 Å². The lowest BCUT2D eigenvalue weighted by atomic mass is 9.74. The summed E-state index contributed by atoms with van der Waals surface area (Å²) >= 11 is 0. The Hall–Kier alpha value is -1.04. The van der Waals surface area contributed by atoms with Crippen LogP contribution in [0.1, 0.15) is 46.0 Å². The fraction of sp³-hybridized carbons (Fsp3) is 0.833. The van der Waals surface area contributed by atoms with Gasteiger partial charge < -0.3 is 5.32 Å². The summed E-state index contributed by atoms with van der Waals surface area (Å²) in [5.74, 6) is 0.381. The van der Waals surface area contributed by atoms with Gasteiger partial charge in [0, 0.05) is 6.54 Å². The molecule has 0 atom stereocenters. The predicted octanol–water partition coefficient (Wildman–Crippen LogP) is 2.23. The van der Waals surface area contributed by atoms with Crippen LogP contribution in [0.2, 0.25) is 0 Å². The number of carbonyl (C=O) groups excluding carboxylic acids is 1. The Kier molecular flexibility index (Phi) is 4.14.